The van der Waals surface area contributed by atoms with E-state index >= 15 is 8.78 Å². The van der Waals surface area contributed by atoms with E-state index in [4.69, 9.17) is 10.00 Å². The zero-order valence-electron chi connectivity index (χ0n) is 23.7. The Bertz CT molecular complexity index is 1620. The predicted octanol–water partition coefficient (Wildman–Crippen LogP) is 5.29. The molecule has 1 atom stereocenters. The van der Waals surface area contributed by atoms with Crippen LogP contribution in [0.2, 0.25) is 0 Å². The molecule has 2 saturated heterocycles. The summed E-state index contributed by atoms with van der Waals surface area (Å²) in [6.07, 6.45) is 4.11. The minimum absolute atomic E-state index is 0.0809. The number of benzene rings is 2. The molecule has 4 aliphatic rings. The summed E-state index contributed by atoms with van der Waals surface area (Å²) in [4.78, 5) is 40.8. The predicted molar refractivity (Wildman–Crippen MR) is 155 cm³/mol. The van der Waals surface area contributed by atoms with Gasteiger partial charge in [0.2, 0.25) is 11.8 Å². The van der Waals surface area contributed by atoms with Crippen LogP contribution in [0.25, 0.3) is 0 Å². The molecule has 2 fully saturated rings. The van der Waals surface area contributed by atoms with Crippen molar-refractivity contribution < 1.29 is 32.3 Å². The van der Waals surface area contributed by atoms with E-state index in [1.54, 1.807) is 18.2 Å². The largest absolute Gasteiger partial charge is 0.488 e. The summed E-state index contributed by atoms with van der Waals surface area (Å²) in [5, 5.41) is 11.4. The highest BCUT2D eigenvalue weighted by Crippen LogP contribution is 2.37. The number of allylic oxidation sites excluding steroid dienone is 4. The number of fused-ring (bicyclic) bond motifs is 1. The number of piperidine rings is 2. The van der Waals surface area contributed by atoms with Crippen molar-refractivity contribution in [2.75, 3.05) is 13.1 Å². The van der Waals surface area contributed by atoms with Crippen LogP contribution in [0.4, 0.5) is 13.2 Å². The molecule has 3 aliphatic heterocycles. The van der Waals surface area contributed by atoms with E-state index in [2.05, 4.69) is 5.32 Å². The van der Waals surface area contributed by atoms with Crippen LogP contribution in [0.15, 0.2) is 58.4 Å². The molecular formula is C32H29F3N4O4S. The first-order chi connectivity index (χ1) is 21.2. The molecule has 2 aromatic rings. The molecule has 1 aliphatic carbocycles. The number of ether oxygens (including phenoxy) is 1. The van der Waals surface area contributed by atoms with E-state index in [1.807, 2.05) is 11.0 Å². The molecule has 6 rings (SSSR count). The lowest BCUT2D eigenvalue weighted by molar-refractivity contribution is -0.136. The molecule has 0 spiro atoms. The van der Waals surface area contributed by atoms with Crippen LogP contribution in [-0.2, 0) is 22.7 Å². The Morgan fingerprint density at radius 3 is 2.45 bits per heavy atom. The highest BCUT2D eigenvalue weighted by Gasteiger charge is 2.40. The zero-order valence-corrected chi connectivity index (χ0v) is 24.5. The second-order valence-electron chi connectivity index (χ2n) is 11.2. The molecule has 3 amide bonds. The van der Waals surface area contributed by atoms with Gasteiger partial charge in [-0.15, -0.1) is 11.8 Å². The van der Waals surface area contributed by atoms with Crippen molar-refractivity contribution in [2.45, 2.75) is 67.9 Å². The van der Waals surface area contributed by atoms with Gasteiger partial charge in [0, 0.05) is 52.1 Å². The lowest BCUT2D eigenvalue weighted by atomic mass is 10.00. The monoisotopic (exact) mass is 622 g/mol. The molecule has 0 bridgehead atoms. The van der Waals surface area contributed by atoms with Gasteiger partial charge in [-0.2, -0.15) is 5.26 Å². The van der Waals surface area contributed by atoms with Gasteiger partial charge in [-0.3, -0.25) is 19.7 Å². The summed E-state index contributed by atoms with van der Waals surface area (Å²) in [6.45, 7) is 0.931. The Morgan fingerprint density at radius 2 is 1.77 bits per heavy atom. The number of thioether (sulfide) groups is 1. The van der Waals surface area contributed by atoms with Gasteiger partial charge in [-0.05, 0) is 62.4 Å². The summed E-state index contributed by atoms with van der Waals surface area (Å²) in [7, 11) is 0. The van der Waals surface area contributed by atoms with Crippen LogP contribution in [0.3, 0.4) is 0 Å². The normalized spacial score (nSPS) is 20.8. The molecule has 0 aromatic heterocycles. The van der Waals surface area contributed by atoms with Crippen molar-refractivity contribution in [1.29, 1.82) is 5.26 Å². The second-order valence-corrected chi connectivity index (χ2v) is 12.6. The van der Waals surface area contributed by atoms with Gasteiger partial charge in [0.05, 0.1) is 18.2 Å². The number of rotatable bonds is 7. The summed E-state index contributed by atoms with van der Waals surface area (Å²) in [5.41, 5.74) is 1.68. The molecule has 44 heavy (non-hydrogen) atoms. The van der Waals surface area contributed by atoms with E-state index in [1.165, 1.54) is 34.9 Å². The Labute approximate surface area is 256 Å². The fourth-order valence-corrected chi connectivity index (χ4v) is 7.32. The highest BCUT2D eigenvalue weighted by molar-refractivity contribution is 8.00. The van der Waals surface area contributed by atoms with E-state index in [-0.39, 0.29) is 47.8 Å². The zero-order chi connectivity index (χ0) is 31.0. The Morgan fingerprint density at radius 1 is 1.02 bits per heavy atom. The maximum absolute atomic E-state index is 15.1. The molecule has 0 saturated carbocycles. The van der Waals surface area contributed by atoms with Gasteiger partial charge in [0.1, 0.15) is 35.9 Å². The van der Waals surface area contributed by atoms with Gasteiger partial charge in [-0.25, -0.2) is 13.2 Å². The van der Waals surface area contributed by atoms with Crippen molar-refractivity contribution in [3.8, 4) is 11.8 Å². The molecule has 3 heterocycles. The van der Waals surface area contributed by atoms with Crippen LogP contribution in [0.1, 0.15) is 60.0 Å². The highest BCUT2D eigenvalue weighted by atomic mass is 32.2. The van der Waals surface area contributed by atoms with Crippen molar-refractivity contribution >= 4 is 29.5 Å². The molecule has 8 nitrogen and oxygen atoms in total. The minimum Gasteiger partial charge on any atom is -0.488 e. The summed E-state index contributed by atoms with van der Waals surface area (Å²) in [6, 6.07) is 8.64. The van der Waals surface area contributed by atoms with Crippen molar-refractivity contribution in [3.63, 3.8) is 0 Å². The first kappa shape index (κ1) is 29.8. The number of nitrogens with one attached hydrogen (secondary N) is 1. The average molecular weight is 623 g/mol. The van der Waals surface area contributed by atoms with E-state index in [0.29, 0.717) is 59.0 Å². The fraction of sp³-hybridized carbons (Fsp3) is 0.375. The Kier molecular flexibility index (Phi) is 8.40. The number of amides is 3. The number of nitriles is 1. The standard InChI is InChI=1S/C32H29F3N4O4S/c33-24-13-20(44-19-8-10-38(11-9-19)27-5-4-18(15-36)12-26(27)35)14-25(34)23(24)17-43-29-3-1-2-21-22(29)16-39(32(21)42)28-6-7-30(40)37-31(28)41/h1-3,12-14,19,28H,4-11,16-17H2,(H,37,40,41). The fourth-order valence-electron chi connectivity index (χ4n) is 6.14. The summed E-state index contributed by atoms with van der Waals surface area (Å²) < 4.78 is 50.6. The SMILES string of the molecule is N#CC1=CC(F)=C(N2CCC(Sc3cc(F)c(COc4cccc5c4CN(C4CCC(=O)NC4=O)C5=O)c(F)c3)CC2)CC1. The third kappa shape index (κ3) is 5.93. The van der Waals surface area contributed by atoms with Crippen LogP contribution in [0.5, 0.6) is 5.75 Å². The van der Waals surface area contributed by atoms with Gasteiger partial charge in [-0.1, -0.05) is 6.07 Å². The molecule has 2 aromatic carbocycles. The van der Waals surface area contributed by atoms with Crippen LogP contribution in [-0.4, -0.2) is 51.9 Å². The van der Waals surface area contributed by atoms with Crippen LogP contribution < -0.4 is 10.1 Å². The lowest BCUT2D eigenvalue weighted by Crippen LogP contribution is -2.52. The number of hydrogen-bond acceptors (Lipinski definition) is 7. The van der Waals surface area contributed by atoms with Crippen molar-refractivity contribution in [1.82, 2.24) is 15.1 Å². The molecule has 228 valence electrons. The molecule has 12 heteroatoms. The van der Waals surface area contributed by atoms with E-state index < -0.39 is 30.2 Å². The quantitative estimate of drug-likeness (QED) is 0.419. The number of nitrogens with zero attached hydrogens (tertiary/aromatic N) is 3. The number of carbonyl (C=O) groups excluding carboxylic acids is 3. The molecule has 1 N–H and O–H groups in total. The Hall–Kier alpha value is -4.24. The van der Waals surface area contributed by atoms with Crippen LogP contribution in [0, 0.1) is 23.0 Å². The first-order valence-corrected chi connectivity index (χ1v) is 15.4. The van der Waals surface area contributed by atoms with Crippen LogP contribution >= 0.6 is 11.8 Å². The maximum atomic E-state index is 15.1. The smallest absolute Gasteiger partial charge is 0.255 e. The maximum Gasteiger partial charge on any atom is 0.255 e. The van der Waals surface area contributed by atoms with Gasteiger partial charge >= 0.3 is 0 Å². The summed E-state index contributed by atoms with van der Waals surface area (Å²) >= 11 is 1.39. The van der Waals surface area contributed by atoms with Gasteiger partial charge in [0.15, 0.2) is 0 Å². The number of hydrogen-bond donors (Lipinski definition) is 1. The third-order valence-electron chi connectivity index (χ3n) is 8.50. The number of imide groups is 1. The lowest BCUT2D eigenvalue weighted by Gasteiger charge is -2.35. The number of halogens is 3. The third-order valence-corrected chi connectivity index (χ3v) is 9.82. The van der Waals surface area contributed by atoms with Crippen molar-refractivity contribution in [3.05, 3.63) is 81.8 Å². The van der Waals surface area contributed by atoms with E-state index in [9.17, 15) is 18.8 Å². The van der Waals surface area contributed by atoms with Gasteiger partial charge in [0.25, 0.3) is 5.91 Å². The average Bonchev–Trinajstić information content (AvgIpc) is 3.33. The minimum atomic E-state index is -0.784. The van der Waals surface area contributed by atoms with Crippen molar-refractivity contribution in [2.24, 2.45) is 0 Å². The first-order valence-electron chi connectivity index (χ1n) is 14.5. The topological polar surface area (TPSA) is 103 Å². The second kappa shape index (κ2) is 12.4. The van der Waals surface area contributed by atoms with Gasteiger partial charge < -0.3 is 14.5 Å². The van der Waals surface area contributed by atoms with E-state index in [0.717, 1.165) is 12.8 Å². The molecular weight excluding hydrogens is 593 g/mol. The number of carbonyl (C=O) groups is 3. The Balaban J connectivity index is 1.07. The molecule has 0 radical (unpaired) electrons. The summed E-state index contributed by atoms with van der Waals surface area (Å²) in [5.74, 6) is -2.83. The molecule has 1 unspecified atom stereocenters. The number of likely N-dealkylation sites (tertiary alicyclic amines) is 1.